The van der Waals surface area contributed by atoms with Gasteiger partial charge in [0.2, 0.25) is 0 Å². The van der Waals surface area contributed by atoms with Crippen molar-refractivity contribution in [2.24, 2.45) is 7.05 Å². The summed E-state index contributed by atoms with van der Waals surface area (Å²) in [5, 5.41) is 14.4. The highest BCUT2D eigenvalue weighted by Gasteiger charge is 2.12. The first-order valence-electron chi connectivity index (χ1n) is 6.49. The fraction of sp³-hybridized carbons (Fsp3) is 0.400. The molecule has 0 spiro atoms. The van der Waals surface area contributed by atoms with Crippen LogP contribution in [0.2, 0.25) is 5.15 Å². The molecule has 5 heteroatoms. The number of nitrogens with zero attached hydrogens (tertiary/aromatic N) is 2. The van der Waals surface area contributed by atoms with Crippen LogP contribution in [-0.4, -0.2) is 14.9 Å². The van der Waals surface area contributed by atoms with Gasteiger partial charge in [-0.25, -0.2) is 0 Å². The quantitative estimate of drug-likeness (QED) is 0.941. The lowest BCUT2D eigenvalue weighted by atomic mass is 10.1. The molecule has 2 rings (SSSR count). The minimum atomic E-state index is -0.474. The molecule has 0 bridgehead atoms. The summed E-state index contributed by atoms with van der Waals surface area (Å²) in [7, 11) is 1.81. The second-order valence-corrected chi connectivity index (χ2v) is 5.33. The van der Waals surface area contributed by atoms with Crippen LogP contribution >= 0.6 is 11.6 Å². The first-order valence-corrected chi connectivity index (χ1v) is 6.87. The molecule has 1 heterocycles. The topological polar surface area (TPSA) is 47.3 Å². The van der Waals surface area contributed by atoms with Crippen LogP contribution in [-0.2, 0) is 13.7 Å². The van der Waals surface area contributed by atoms with Gasteiger partial charge in [-0.3, -0.25) is 4.68 Å². The second-order valence-electron chi connectivity index (χ2n) is 4.97. The molecule has 0 radical (unpaired) electrons. The standard InChI is InChI=1S/C15H19ClN2O2/c1-9-7-12(11(3)19)5-6-14(9)20-8-13-10(2)17-18(4)15(13)16/h5-7,11,19H,8H2,1-4H3/t11-/m0/s1. The van der Waals surface area contributed by atoms with Gasteiger partial charge in [0.15, 0.2) is 0 Å². The van der Waals surface area contributed by atoms with Gasteiger partial charge in [0.25, 0.3) is 0 Å². The summed E-state index contributed by atoms with van der Waals surface area (Å²) in [6.45, 7) is 5.99. The van der Waals surface area contributed by atoms with Crippen molar-refractivity contribution in [3.63, 3.8) is 0 Å². The number of aromatic nitrogens is 2. The molecule has 0 aliphatic heterocycles. The average molecular weight is 295 g/mol. The Bertz CT molecular complexity index is 621. The highest BCUT2D eigenvalue weighted by molar-refractivity contribution is 6.30. The van der Waals surface area contributed by atoms with E-state index in [9.17, 15) is 5.11 Å². The van der Waals surface area contributed by atoms with Crippen LogP contribution in [0, 0.1) is 13.8 Å². The maximum atomic E-state index is 9.55. The van der Waals surface area contributed by atoms with Gasteiger partial charge in [-0.15, -0.1) is 0 Å². The molecule has 1 aromatic carbocycles. The summed E-state index contributed by atoms with van der Waals surface area (Å²) in [6.07, 6.45) is -0.474. The lowest BCUT2D eigenvalue weighted by Gasteiger charge is -2.12. The third kappa shape index (κ3) is 2.97. The van der Waals surface area contributed by atoms with Gasteiger partial charge in [0.1, 0.15) is 17.5 Å². The third-order valence-corrected chi connectivity index (χ3v) is 3.80. The molecule has 0 unspecified atom stereocenters. The molecule has 0 saturated heterocycles. The number of aliphatic hydroxyl groups excluding tert-OH is 1. The summed E-state index contributed by atoms with van der Waals surface area (Å²) < 4.78 is 7.45. The largest absolute Gasteiger partial charge is 0.488 e. The van der Waals surface area contributed by atoms with Crippen LogP contribution in [0.1, 0.15) is 35.4 Å². The monoisotopic (exact) mass is 294 g/mol. The summed E-state index contributed by atoms with van der Waals surface area (Å²) in [4.78, 5) is 0. The predicted molar refractivity (Wildman–Crippen MR) is 79.1 cm³/mol. The molecule has 0 amide bonds. The summed E-state index contributed by atoms with van der Waals surface area (Å²) in [5.41, 5.74) is 3.63. The smallest absolute Gasteiger partial charge is 0.133 e. The molecule has 2 aromatic rings. The minimum absolute atomic E-state index is 0.382. The number of aryl methyl sites for hydroxylation is 3. The Morgan fingerprint density at radius 3 is 2.60 bits per heavy atom. The fourth-order valence-electron chi connectivity index (χ4n) is 2.08. The van der Waals surface area contributed by atoms with Crippen molar-refractivity contribution in [3.8, 4) is 5.75 Å². The lowest BCUT2D eigenvalue weighted by molar-refractivity contribution is 0.199. The second kappa shape index (κ2) is 5.85. The molecular formula is C15H19ClN2O2. The van der Waals surface area contributed by atoms with E-state index in [4.69, 9.17) is 16.3 Å². The number of halogens is 1. The van der Waals surface area contributed by atoms with E-state index in [-0.39, 0.29) is 0 Å². The summed E-state index contributed by atoms with van der Waals surface area (Å²) >= 11 is 6.17. The Labute approximate surface area is 123 Å². The molecule has 4 nitrogen and oxygen atoms in total. The molecule has 108 valence electrons. The molecule has 20 heavy (non-hydrogen) atoms. The molecule has 0 saturated carbocycles. The predicted octanol–water partition coefficient (Wildman–Crippen LogP) is 3.32. The van der Waals surface area contributed by atoms with Crippen molar-refractivity contribution >= 4 is 11.6 Å². The van der Waals surface area contributed by atoms with Gasteiger partial charge >= 0.3 is 0 Å². The van der Waals surface area contributed by atoms with Crippen LogP contribution in [0.5, 0.6) is 5.75 Å². The summed E-state index contributed by atoms with van der Waals surface area (Å²) in [5.74, 6) is 0.786. The Balaban J connectivity index is 2.15. The van der Waals surface area contributed by atoms with Crippen LogP contribution < -0.4 is 4.74 Å². The molecule has 1 aromatic heterocycles. The molecule has 1 atom stereocenters. The number of rotatable bonds is 4. The normalized spacial score (nSPS) is 12.5. The van der Waals surface area contributed by atoms with E-state index in [1.165, 1.54) is 0 Å². The highest BCUT2D eigenvalue weighted by Crippen LogP contribution is 2.25. The maximum Gasteiger partial charge on any atom is 0.133 e. The van der Waals surface area contributed by atoms with Crippen molar-refractivity contribution in [1.29, 1.82) is 0 Å². The molecular weight excluding hydrogens is 276 g/mol. The van der Waals surface area contributed by atoms with E-state index in [0.717, 1.165) is 28.1 Å². The Kier molecular flexibility index (Phi) is 4.35. The number of ether oxygens (including phenoxy) is 1. The number of benzene rings is 1. The Morgan fingerprint density at radius 1 is 1.40 bits per heavy atom. The molecule has 1 N–H and O–H groups in total. The minimum Gasteiger partial charge on any atom is -0.488 e. The molecule has 0 fully saturated rings. The van der Waals surface area contributed by atoms with Gasteiger partial charge in [0, 0.05) is 12.6 Å². The average Bonchev–Trinajstić information content (AvgIpc) is 2.62. The van der Waals surface area contributed by atoms with E-state index < -0.39 is 6.10 Å². The fourth-order valence-corrected chi connectivity index (χ4v) is 2.31. The zero-order valence-corrected chi connectivity index (χ0v) is 12.9. The zero-order chi connectivity index (χ0) is 14.9. The summed E-state index contributed by atoms with van der Waals surface area (Å²) in [6, 6.07) is 5.67. The van der Waals surface area contributed by atoms with Crippen molar-refractivity contribution in [3.05, 3.63) is 45.7 Å². The number of hydrogen-bond donors (Lipinski definition) is 1. The number of hydrogen-bond acceptors (Lipinski definition) is 3. The number of aliphatic hydroxyl groups is 1. The van der Waals surface area contributed by atoms with E-state index in [1.54, 1.807) is 11.6 Å². The SMILES string of the molecule is Cc1cc([C@H](C)O)ccc1OCc1c(C)nn(C)c1Cl. The van der Waals surface area contributed by atoms with E-state index >= 15 is 0 Å². The molecule has 0 aliphatic rings. The van der Waals surface area contributed by atoms with Gasteiger partial charge in [-0.1, -0.05) is 17.7 Å². The van der Waals surface area contributed by atoms with Crippen LogP contribution in [0.25, 0.3) is 0 Å². The third-order valence-electron chi connectivity index (χ3n) is 3.32. The Hall–Kier alpha value is -1.52. The van der Waals surface area contributed by atoms with E-state index in [0.29, 0.717) is 11.8 Å². The Morgan fingerprint density at radius 2 is 2.10 bits per heavy atom. The first-order chi connectivity index (χ1) is 9.40. The van der Waals surface area contributed by atoms with Gasteiger partial charge in [-0.2, -0.15) is 5.10 Å². The van der Waals surface area contributed by atoms with Crippen molar-refractivity contribution in [1.82, 2.24) is 9.78 Å². The van der Waals surface area contributed by atoms with E-state index in [1.807, 2.05) is 39.1 Å². The van der Waals surface area contributed by atoms with Crippen LogP contribution in [0.15, 0.2) is 18.2 Å². The van der Waals surface area contributed by atoms with Gasteiger partial charge < -0.3 is 9.84 Å². The highest BCUT2D eigenvalue weighted by atomic mass is 35.5. The lowest BCUT2D eigenvalue weighted by Crippen LogP contribution is -2.00. The van der Waals surface area contributed by atoms with E-state index in [2.05, 4.69) is 5.10 Å². The van der Waals surface area contributed by atoms with Crippen molar-refractivity contribution in [2.45, 2.75) is 33.5 Å². The van der Waals surface area contributed by atoms with Gasteiger partial charge in [-0.05, 0) is 44.0 Å². The van der Waals surface area contributed by atoms with Crippen molar-refractivity contribution < 1.29 is 9.84 Å². The first kappa shape index (κ1) is 14.9. The van der Waals surface area contributed by atoms with Gasteiger partial charge in [0.05, 0.1) is 11.8 Å². The zero-order valence-electron chi connectivity index (χ0n) is 12.1. The van der Waals surface area contributed by atoms with Crippen LogP contribution in [0.3, 0.4) is 0 Å². The maximum absolute atomic E-state index is 9.55. The van der Waals surface area contributed by atoms with Crippen LogP contribution in [0.4, 0.5) is 0 Å². The molecule has 0 aliphatic carbocycles. The van der Waals surface area contributed by atoms with Crippen molar-refractivity contribution in [2.75, 3.05) is 0 Å².